The molecule has 2 atom stereocenters. The van der Waals surface area contributed by atoms with Crippen LogP contribution in [0.3, 0.4) is 0 Å². The summed E-state index contributed by atoms with van der Waals surface area (Å²) in [5, 5.41) is 3.09. The number of hydrogen-bond donors (Lipinski definition) is 1. The molecular weight excluding hydrogens is 310 g/mol. The average Bonchev–Trinajstić information content (AvgIpc) is 2.59. The normalized spacial score (nSPS) is 13.2. The number of amides is 1. The first-order chi connectivity index (χ1) is 11.9. The van der Waals surface area contributed by atoms with Gasteiger partial charge in [0.1, 0.15) is 5.75 Å². The van der Waals surface area contributed by atoms with Crippen LogP contribution in [0.1, 0.15) is 55.5 Å². The number of ether oxygens (including phenoxy) is 1. The van der Waals surface area contributed by atoms with E-state index in [1.54, 1.807) is 0 Å². The van der Waals surface area contributed by atoms with Crippen molar-refractivity contribution in [2.24, 2.45) is 0 Å². The van der Waals surface area contributed by atoms with Gasteiger partial charge < -0.3 is 10.1 Å². The monoisotopic (exact) mass is 339 g/mol. The van der Waals surface area contributed by atoms with E-state index in [2.05, 4.69) is 44.3 Å². The van der Waals surface area contributed by atoms with E-state index < -0.39 is 6.10 Å². The summed E-state index contributed by atoms with van der Waals surface area (Å²) in [6, 6.07) is 14.2. The molecule has 0 saturated carbocycles. The molecule has 0 heterocycles. The van der Waals surface area contributed by atoms with Gasteiger partial charge in [0, 0.05) is 0 Å². The number of aryl methyl sites for hydroxylation is 3. The summed E-state index contributed by atoms with van der Waals surface area (Å²) in [7, 11) is 0. The Labute approximate surface area is 151 Å². The molecule has 0 aliphatic rings. The molecular formula is C22H29NO2. The second-order valence-corrected chi connectivity index (χ2v) is 6.60. The van der Waals surface area contributed by atoms with Crippen LogP contribution in [0.15, 0.2) is 42.5 Å². The Morgan fingerprint density at radius 1 is 1.08 bits per heavy atom. The summed E-state index contributed by atoms with van der Waals surface area (Å²) in [4.78, 5) is 12.6. The molecule has 0 saturated heterocycles. The fourth-order valence-corrected chi connectivity index (χ4v) is 2.99. The van der Waals surface area contributed by atoms with E-state index in [0.717, 1.165) is 17.7 Å². The highest BCUT2D eigenvalue weighted by atomic mass is 16.5. The molecule has 3 heteroatoms. The van der Waals surface area contributed by atoms with Gasteiger partial charge in [0.05, 0.1) is 6.04 Å². The highest BCUT2D eigenvalue weighted by Crippen LogP contribution is 2.20. The molecule has 2 aromatic rings. The highest BCUT2D eigenvalue weighted by Gasteiger charge is 2.21. The van der Waals surface area contributed by atoms with E-state index in [-0.39, 0.29) is 11.9 Å². The summed E-state index contributed by atoms with van der Waals surface area (Å²) in [6.07, 6.45) is 1.13. The molecule has 0 fully saturated rings. The van der Waals surface area contributed by atoms with Gasteiger partial charge in [-0.1, -0.05) is 49.7 Å². The van der Waals surface area contributed by atoms with Crippen molar-refractivity contribution < 1.29 is 9.53 Å². The zero-order chi connectivity index (χ0) is 18.4. The third-order valence-corrected chi connectivity index (χ3v) is 4.52. The van der Waals surface area contributed by atoms with Crippen LogP contribution in [-0.2, 0) is 11.2 Å². The molecule has 0 aromatic heterocycles. The number of rotatable bonds is 7. The van der Waals surface area contributed by atoms with Gasteiger partial charge in [0.25, 0.3) is 5.91 Å². The SMILES string of the molecule is CCc1ccc(O[C@@H](CC)C(=O)N[C@@H](C)c2ccc(C)cc2C)cc1. The van der Waals surface area contributed by atoms with Gasteiger partial charge in [0.2, 0.25) is 0 Å². The molecule has 3 nitrogen and oxygen atoms in total. The second-order valence-electron chi connectivity index (χ2n) is 6.60. The van der Waals surface area contributed by atoms with Gasteiger partial charge >= 0.3 is 0 Å². The fraction of sp³-hybridized carbons (Fsp3) is 0.409. The fourth-order valence-electron chi connectivity index (χ4n) is 2.99. The van der Waals surface area contributed by atoms with Crippen molar-refractivity contribution in [1.82, 2.24) is 5.32 Å². The van der Waals surface area contributed by atoms with Gasteiger partial charge in [-0.05, 0) is 62.4 Å². The van der Waals surface area contributed by atoms with Crippen LogP contribution in [0, 0.1) is 13.8 Å². The molecule has 1 amide bonds. The lowest BCUT2D eigenvalue weighted by Crippen LogP contribution is -2.39. The van der Waals surface area contributed by atoms with E-state index in [1.165, 1.54) is 16.7 Å². The van der Waals surface area contributed by atoms with E-state index in [0.29, 0.717) is 6.42 Å². The Kier molecular flexibility index (Phi) is 6.63. The van der Waals surface area contributed by atoms with E-state index >= 15 is 0 Å². The Hall–Kier alpha value is -2.29. The molecule has 0 aliphatic heterocycles. The summed E-state index contributed by atoms with van der Waals surface area (Å²) in [5.74, 6) is 0.660. The predicted octanol–water partition coefficient (Wildman–Crippen LogP) is 4.90. The molecule has 2 rings (SSSR count). The molecule has 2 aromatic carbocycles. The lowest BCUT2D eigenvalue weighted by atomic mass is 10.00. The van der Waals surface area contributed by atoms with Crippen LogP contribution in [-0.4, -0.2) is 12.0 Å². The minimum atomic E-state index is -0.485. The van der Waals surface area contributed by atoms with Crippen LogP contribution < -0.4 is 10.1 Å². The number of nitrogens with one attached hydrogen (secondary N) is 1. The van der Waals surface area contributed by atoms with Gasteiger partial charge in [0.15, 0.2) is 6.10 Å². The lowest BCUT2D eigenvalue weighted by Gasteiger charge is -2.22. The first-order valence-corrected chi connectivity index (χ1v) is 9.07. The topological polar surface area (TPSA) is 38.3 Å². The number of carbonyl (C=O) groups excluding carboxylic acids is 1. The number of benzene rings is 2. The van der Waals surface area contributed by atoms with Crippen molar-refractivity contribution >= 4 is 5.91 Å². The molecule has 134 valence electrons. The standard InChI is InChI=1S/C22H29NO2/c1-6-18-9-11-19(12-10-18)25-21(7-2)22(24)23-17(5)20-13-8-15(3)14-16(20)4/h8-14,17,21H,6-7H2,1-5H3,(H,23,24)/t17-,21-/m0/s1. The Morgan fingerprint density at radius 2 is 1.76 bits per heavy atom. The second kappa shape index (κ2) is 8.70. The van der Waals surface area contributed by atoms with Crippen LogP contribution >= 0.6 is 0 Å². The van der Waals surface area contributed by atoms with Crippen molar-refractivity contribution in [1.29, 1.82) is 0 Å². The maximum Gasteiger partial charge on any atom is 0.261 e. The van der Waals surface area contributed by atoms with E-state index in [4.69, 9.17) is 4.74 Å². The van der Waals surface area contributed by atoms with E-state index in [1.807, 2.05) is 38.1 Å². The molecule has 1 N–H and O–H groups in total. The molecule has 25 heavy (non-hydrogen) atoms. The highest BCUT2D eigenvalue weighted by molar-refractivity contribution is 5.81. The van der Waals surface area contributed by atoms with Crippen molar-refractivity contribution in [3.8, 4) is 5.75 Å². The summed E-state index contributed by atoms with van der Waals surface area (Å²) >= 11 is 0. The number of carbonyl (C=O) groups is 1. The smallest absolute Gasteiger partial charge is 0.261 e. The first-order valence-electron chi connectivity index (χ1n) is 9.07. The minimum absolute atomic E-state index is 0.0479. The Balaban J connectivity index is 2.03. The van der Waals surface area contributed by atoms with Crippen molar-refractivity contribution in [3.63, 3.8) is 0 Å². The molecule has 0 spiro atoms. The maximum absolute atomic E-state index is 12.6. The largest absolute Gasteiger partial charge is 0.481 e. The van der Waals surface area contributed by atoms with Crippen LogP contribution in [0.2, 0.25) is 0 Å². The lowest BCUT2D eigenvalue weighted by molar-refractivity contribution is -0.128. The molecule has 0 unspecified atom stereocenters. The van der Waals surface area contributed by atoms with Crippen LogP contribution in [0.5, 0.6) is 5.75 Å². The zero-order valence-corrected chi connectivity index (χ0v) is 15.9. The predicted molar refractivity (Wildman–Crippen MR) is 103 cm³/mol. The molecule has 0 bridgehead atoms. The summed E-state index contributed by atoms with van der Waals surface area (Å²) in [6.45, 7) is 10.2. The Bertz CT molecular complexity index is 706. The van der Waals surface area contributed by atoms with Gasteiger partial charge in [-0.25, -0.2) is 0 Å². The van der Waals surface area contributed by atoms with Gasteiger partial charge in [-0.3, -0.25) is 4.79 Å². The first kappa shape index (κ1) is 19.0. The minimum Gasteiger partial charge on any atom is -0.481 e. The van der Waals surface area contributed by atoms with Crippen molar-refractivity contribution in [2.75, 3.05) is 0 Å². The average molecular weight is 339 g/mol. The van der Waals surface area contributed by atoms with Gasteiger partial charge in [-0.2, -0.15) is 0 Å². The summed E-state index contributed by atoms with van der Waals surface area (Å²) in [5.41, 5.74) is 4.82. The molecule has 0 radical (unpaired) electrons. The number of hydrogen-bond acceptors (Lipinski definition) is 2. The van der Waals surface area contributed by atoms with Crippen molar-refractivity contribution in [3.05, 3.63) is 64.7 Å². The summed E-state index contributed by atoms with van der Waals surface area (Å²) < 4.78 is 5.90. The zero-order valence-electron chi connectivity index (χ0n) is 15.9. The van der Waals surface area contributed by atoms with Crippen molar-refractivity contribution in [2.45, 2.75) is 59.6 Å². The third kappa shape index (κ3) is 5.09. The van der Waals surface area contributed by atoms with Crippen LogP contribution in [0.4, 0.5) is 0 Å². The maximum atomic E-state index is 12.6. The molecule has 0 aliphatic carbocycles. The van der Waals surface area contributed by atoms with E-state index in [9.17, 15) is 4.79 Å². The van der Waals surface area contributed by atoms with Gasteiger partial charge in [-0.15, -0.1) is 0 Å². The van der Waals surface area contributed by atoms with Crippen LogP contribution in [0.25, 0.3) is 0 Å². The Morgan fingerprint density at radius 3 is 2.32 bits per heavy atom. The quantitative estimate of drug-likeness (QED) is 0.779. The third-order valence-electron chi connectivity index (χ3n) is 4.52.